The van der Waals surface area contributed by atoms with Crippen molar-refractivity contribution in [3.63, 3.8) is 0 Å². The molecule has 0 saturated carbocycles. The molecule has 0 amide bonds. The highest BCUT2D eigenvalue weighted by Crippen LogP contribution is 2.21. The minimum atomic E-state index is -0.742. The van der Waals surface area contributed by atoms with E-state index in [2.05, 4.69) is 22.1 Å². The molecular weight excluding hydrogens is 210 g/mol. The Kier molecular flexibility index (Phi) is 4.24. The Bertz CT molecular complexity index is 448. The lowest BCUT2D eigenvalue weighted by Crippen LogP contribution is -2.05. The number of hydrogen-bond acceptors (Lipinski definition) is 5. The van der Waals surface area contributed by atoms with Gasteiger partial charge in [-0.05, 0) is 28.9 Å². The maximum Gasteiger partial charge on any atom is 0.407 e. The van der Waals surface area contributed by atoms with Gasteiger partial charge in [0.05, 0.1) is 0 Å². The third-order valence-electron chi connectivity index (χ3n) is 1.74. The second kappa shape index (κ2) is 5.68. The van der Waals surface area contributed by atoms with E-state index in [1.165, 1.54) is 12.1 Å². The summed E-state index contributed by atoms with van der Waals surface area (Å²) in [4.78, 5) is 13.4. The van der Waals surface area contributed by atoms with Crippen LogP contribution < -0.4 is 5.32 Å². The summed E-state index contributed by atoms with van der Waals surface area (Å²) in [5.41, 5.74) is 0.278. The Morgan fingerprint density at radius 2 is 2.38 bits per heavy atom. The summed E-state index contributed by atoms with van der Waals surface area (Å²) in [6.45, 7) is 0.743. The average Bonchev–Trinajstić information content (AvgIpc) is 2.26. The highest BCUT2D eigenvalue weighted by Gasteiger charge is 2.15. The van der Waals surface area contributed by atoms with Crippen molar-refractivity contribution in [3.8, 4) is 17.6 Å². The number of rotatable bonds is 3. The third kappa shape index (κ3) is 3.22. The Morgan fingerprint density at radius 1 is 1.62 bits per heavy atom. The smallest absolute Gasteiger partial charge is 0.407 e. The van der Waals surface area contributed by atoms with Gasteiger partial charge in [-0.1, -0.05) is 5.92 Å². The summed E-state index contributed by atoms with van der Waals surface area (Å²) in [6, 6.07) is 2.65. The Balaban J connectivity index is 2.85. The van der Waals surface area contributed by atoms with Gasteiger partial charge in [0, 0.05) is 19.0 Å². The fourth-order valence-electron chi connectivity index (χ4n) is 0.986. The molecule has 0 unspecified atom stereocenters. The molecule has 0 fully saturated rings. The lowest BCUT2D eigenvalue weighted by molar-refractivity contribution is -0.390. The van der Waals surface area contributed by atoms with E-state index in [0.717, 1.165) is 6.54 Å². The molecule has 0 spiro atoms. The van der Waals surface area contributed by atoms with Crippen LogP contribution in [-0.4, -0.2) is 28.6 Å². The van der Waals surface area contributed by atoms with Crippen LogP contribution in [0.1, 0.15) is 12.1 Å². The summed E-state index contributed by atoms with van der Waals surface area (Å²) in [7, 11) is 1.81. The van der Waals surface area contributed by atoms with Crippen molar-refractivity contribution in [2.24, 2.45) is 0 Å². The van der Waals surface area contributed by atoms with E-state index in [1.807, 2.05) is 7.05 Å². The lowest BCUT2D eigenvalue weighted by atomic mass is 10.3. The number of nitro groups is 1. The van der Waals surface area contributed by atoms with Gasteiger partial charge in [-0.15, -0.1) is 0 Å². The molecule has 1 aromatic rings. The van der Waals surface area contributed by atoms with Gasteiger partial charge in [0.1, 0.15) is 0 Å². The van der Waals surface area contributed by atoms with Crippen LogP contribution in [0.15, 0.2) is 12.1 Å². The first-order valence-corrected chi connectivity index (χ1v) is 4.63. The maximum atomic E-state index is 10.5. The van der Waals surface area contributed by atoms with Gasteiger partial charge in [-0.2, -0.15) is 0 Å². The molecule has 1 rings (SSSR count). The van der Waals surface area contributed by atoms with E-state index < -0.39 is 16.5 Å². The summed E-state index contributed by atoms with van der Waals surface area (Å²) in [6.07, 6.45) is 0.632. The van der Waals surface area contributed by atoms with Crippen LogP contribution in [0.5, 0.6) is 5.75 Å². The first-order valence-electron chi connectivity index (χ1n) is 4.63. The average molecular weight is 221 g/mol. The van der Waals surface area contributed by atoms with E-state index in [9.17, 15) is 10.1 Å². The van der Waals surface area contributed by atoms with Crippen molar-refractivity contribution in [3.05, 3.63) is 27.9 Å². The molecule has 2 N–H and O–H groups in total. The summed E-state index contributed by atoms with van der Waals surface area (Å²) < 4.78 is 0. The van der Waals surface area contributed by atoms with Crippen LogP contribution in [0.3, 0.4) is 0 Å². The van der Waals surface area contributed by atoms with Gasteiger partial charge in [0.15, 0.2) is 0 Å². The minimum absolute atomic E-state index is 0.278. The van der Waals surface area contributed by atoms with Gasteiger partial charge < -0.3 is 20.5 Å². The van der Waals surface area contributed by atoms with Crippen LogP contribution >= 0.6 is 0 Å². The first kappa shape index (κ1) is 11.9. The van der Waals surface area contributed by atoms with Gasteiger partial charge in [-0.25, -0.2) is 0 Å². The lowest BCUT2D eigenvalue weighted by Gasteiger charge is -1.94. The molecule has 6 nitrogen and oxygen atoms in total. The van der Waals surface area contributed by atoms with Gasteiger partial charge >= 0.3 is 5.82 Å². The van der Waals surface area contributed by atoms with E-state index >= 15 is 0 Å². The van der Waals surface area contributed by atoms with Crippen molar-refractivity contribution < 1.29 is 10.0 Å². The summed E-state index contributed by atoms with van der Waals surface area (Å²) in [5.74, 6) is 4.47. The number of nitrogens with one attached hydrogen (secondary N) is 1. The van der Waals surface area contributed by atoms with Crippen LogP contribution in [-0.2, 0) is 0 Å². The number of aromatic hydroxyl groups is 1. The normalized spacial score (nSPS) is 9.31. The molecule has 84 valence electrons. The fraction of sp³-hybridized carbons (Fsp3) is 0.300. The highest BCUT2D eigenvalue weighted by molar-refractivity contribution is 5.43. The predicted molar refractivity (Wildman–Crippen MR) is 58.0 cm³/mol. The number of pyridine rings is 1. The fourth-order valence-corrected chi connectivity index (χ4v) is 0.986. The monoisotopic (exact) mass is 221 g/mol. The van der Waals surface area contributed by atoms with Crippen LogP contribution in [0, 0.1) is 22.0 Å². The van der Waals surface area contributed by atoms with Crippen LogP contribution in [0.25, 0.3) is 0 Å². The topological polar surface area (TPSA) is 88.3 Å². The molecule has 0 saturated heterocycles. The highest BCUT2D eigenvalue weighted by atomic mass is 16.6. The summed E-state index contributed by atoms with van der Waals surface area (Å²) >= 11 is 0. The Hall–Kier alpha value is -2.13. The number of hydrogen-bond donors (Lipinski definition) is 2. The van der Waals surface area contributed by atoms with Gasteiger partial charge in [0.2, 0.25) is 11.4 Å². The third-order valence-corrected chi connectivity index (χ3v) is 1.74. The molecule has 6 heteroatoms. The van der Waals surface area contributed by atoms with Crippen molar-refractivity contribution >= 4 is 5.82 Å². The van der Waals surface area contributed by atoms with Crippen molar-refractivity contribution in [2.45, 2.75) is 6.42 Å². The molecule has 0 radical (unpaired) electrons. The Labute approximate surface area is 92.5 Å². The number of aromatic nitrogens is 1. The molecule has 1 heterocycles. The molecule has 0 bridgehead atoms. The number of nitrogens with zero attached hydrogens (tertiary/aromatic N) is 2. The van der Waals surface area contributed by atoms with Crippen LogP contribution in [0.4, 0.5) is 5.82 Å². The molecule has 0 aliphatic carbocycles. The van der Waals surface area contributed by atoms with E-state index in [1.54, 1.807) is 0 Å². The SMILES string of the molecule is CNCCC#Cc1ccc(O)c([N+](=O)[O-])n1. The Morgan fingerprint density at radius 3 is 3.00 bits per heavy atom. The van der Waals surface area contributed by atoms with Crippen molar-refractivity contribution in [1.82, 2.24) is 10.3 Å². The largest absolute Gasteiger partial charge is 0.501 e. The zero-order valence-electron chi connectivity index (χ0n) is 8.73. The zero-order chi connectivity index (χ0) is 12.0. The minimum Gasteiger partial charge on any atom is -0.501 e. The predicted octanol–water partition coefficient (Wildman–Crippen LogP) is 0.656. The molecule has 16 heavy (non-hydrogen) atoms. The van der Waals surface area contributed by atoms with E-state index in [4.69, 9.17) is 5.11 Å². The van der Waals surface area contributed by atoms with E-state index in [0.29, 0.717) is 6.42 Å². The molecule has 0 aromatic carbocycles. The second-order valence-corrected chi connectivity index (χ2v) is 2.95. The van der Waals surface area contributed by atoms with Crippen molar-refractivity contribution in [1.29, 1.82) is 0 Å². The zero-order valence-corrected chi connectivity index (χ0v) is 8.73. The molecule has 0 atom stereocenters. The molecule has 0 aliphatic heterocycles. The quantitative estimate of drug-likeness (QED) is 0.339. The molecular formula is C10H11N3O3. The maximum absolute atomic E-state index is 10.5. The van der Waals surface area contributed by atoms with Gasteiger partial charge in [-0.3, -0.25) is 0 Å². The summed E-state index contributed by atoms with van der Waals surface area (Å²) in [5, 5.41) is 22.5. The standard InChI is InChI=1S/C10H11N3O3/c1-11-7-3-2-4-8-5-6-9(14)10(12-8)13(15)16/h5-6,11,14H,3,7H2,1H3. The molecule has 0 aliphatic rings. The van der Waals surface area contributed by atoms with E-state index in [-0.39, 0.29) is 5.69 Å². The first-order chi connectivity index (χ1) is 7.65. The van der Waals surface area contributed by atoms with Gasteiger partial charge in [0.25, 0.3) is 0 Å². The van der Waals surface area contributed by atoms with Crippen molar-refractivity contribution in [2.75, 3.05) is 13.6 Å². The van der Waals surface area contributed by atoms with Crippen LogP contribution in [0.2, 0.25) is 0 Å². The molecule has 1 aromatic heterocycles. The second-order valence-electron chi connectivity index (χ2n) is 2.95.